The number of halogens is 2. The number of fused-ring (bicyclic) bond motifs is 1. The van der Waals surface area contributed by atoms with Crippen LogP contribution in [0.5, 0.6) is 0 Å². The van der Waals surface area contributed by atoms with Crippen molar-refractivity contribution in [2.45, 2.75) is 30.9 Å². The molecule has 0 bridgehead atoms. The summed E-state index contributed by atoms with van der Waals surface area (Å²) in [5.41, 5.74) is -0.152. The highest BCUT2D eigenvalue weighted by Gasteiger charge is 2.41. The van der Waals surface area contributed by atoms with Crippen LogP contribution in [0.25, 0.3) is 10.8 Å². The third-order valence-corrected chi connectivity index (χ3v) is 4.97. The lowest BCUT2D eigenvalue weighted by Crippen LogP contribution is -2.43. The molecule has 3 heterocycles. The molecule has 1 aromatic carbocycles. The Kier molecular flexibility index (Phi) is 6.63. The third-order valence-electron chi connectivity index (χ3n) is 4.97. The number of nitrogens with one attached hydrogen (secondary N) is 3. The molecular weight excluding hydrogens is 379 g/mol. The first kappa shape index (κ1) is 20.6. The first-order valence-corrected chi connectivity index (χ1v) is 8.30. The van der Waals surface area contributed by atoms with Gasteiger partial charge in [0, 0.05) is 5.39 Å². The standard InChI is InChI=1S/C17H20N4O3.2ClH/c22-15-13-4-2-1-3-12(13)14(20-21-15)16(23)19-11-9-17(24-10-11)5-7-18-8-6-17;;/h1-4,11,18H,5-10H2,(H,19,23)(H,21,22);2*1H. The number of carbonyl (C=O) groups excluding carboxylic acids is 1. The zero-order chi connectivity index (χ0) is 16.6. The van der Waals surface area contributed by atoms with E-state index in [9.17, 15) is 9.59 Å². The topological polar surface area (TPSA) is 96.1 Å². The first-order valence-electron chi connectivity index (χ1n) is 8.30. The second-order valence-electron chi connectivity index (χ2n) is 6.57. The molecule has 1 amide bonds. The molecule has 2 aliphatic heterocycles. The molecule has 1 unspecified atom stereocenters. The van der Waals surface area contributed by atoms with E-state index < -0.39 is 0 Å². The van der Waals surface area contributed by atoms with Crippen molar-refractivity contribution in [3.05, 3.63) is 40.3 Å². The Morgan fingerprint density at radius 1 is 1.19 bits per heavy atom. The summed E-state index contributed by atoms with van der Waals surface area (Å²) in [6.45, 7) is 2.42. The maximum absolute atomic E-state index is 12.6. The summed E-state index contributed by atoms with van der Waals surface area (Å²) in [5, 5.41) is 13.7. The number of hydrogen-bond acceptors (Lipinski definition) is 5. The molecule has 3 N–H and O–H groups in total. The van der Waals surface area contributed by atoms with Gasteiger partial charge in [-0.2, -0.15) is 5.10 Å². The minimum atomic E-state index is -0.292. The summed E-state index contributed by atoms with van der Waals surface area (Å²) >= 11 is 0. The van der Waals surface area contributed by atoms with Gasteiger partial charge >= 0.3 is 0 Å². The van der Waals surface area contributed by atoms with E-state index in [-0.39, 0.29) is 53.6 Å². The number of hydrogen-bond donors (Lipinski definition) is 3. The number of aromatic amines is 1. The average molecular weight is 401 g/mol. The van der Waals surface area contributed by atoms with Gasteiger partial charge in [0.15, 0.2) is 5.69 Å². The first-order chi connectivity index (χ1) is 11.7. The lowest BCUT2D eigenvalue weighted by atomic mass is 9.88. The van der Waals surface area contributed by atoms with Gasteiger partial charge in [0.2, 0.25) is 0 Å². The van der Waals surface area contributed by atoms with Gasteiger partial charge in [-0.3, -0.25) is 9.59 Å². The maximum Gasteiger partial charge on any atom is 0.272 e. The van der Waals surface area contributed by atoms with Crippen LogP contribution in [0.3, 0.4) is 0 Å². The maximum atomic E-state index is 12.6. The smallest absolute Gasteiger partial charge is 0.272 e. The summed E-state index contributed by atoms with van der Waals surface area (Å²) in [6, 6.07) is 6.97. The van der Waals surface area contributed by atoms with E-state index >= 15 is 0 Å². The lowest BCUT2D eigenvalue weighted by Gasteiger charge is -2.32. The van der Waals surface area contributed by atoms with Gasteiger partial charge in [0.1, 0.15) is 0 Å². The van der Waals surface area contributed by atoms with Gasteiger partial charge in [-0.15, -0.1) is 24.8 Å². The summed E-state index contributed by atoms with van der Waals surface area (Å²) in [7, 11) is 0. The zero-order valence-corrected chi connectivity index (χ0v) is 15.8. The predicted molar refractivity (Wildman–Crippen MR) is 104 cm³/mol. The van der Waals surface area contributed by atoms with Gasteiger partial charge < -0.3 is 15.4 Å². The van der Waals surface area contributed by atoms with E-state index in [1.54, 1.807) is 24.3 Å². The van der Waals surface area contributed by atoms with Crippen LogP contribution in [-0.2, 0) is 4.74 Å². The lowest BCUT2D eigenvalue weighted by molar-refractivity contribution is -0.0194. The molecule has 7 nitrogen and oxygen atoms in total. The van der Waals surface area contributed by atoms with Crippen LogP contribution in [0.2, 0.25) is 0 Å². The number of ether oxygens (including phenoxy) is 1. The Balaban J connectivity index is 0.00000121. The minimum absolute atomic E-state index is 0. The molecule has 2 fully saturated rings. The molecule has 2 aromatic rings. The van der Waals surface area contributed by atoms with Crippen molar-refractivity contribution in [2.75, 3.05) is 19.7 Å². The molecule has 0 saturated carbocycles. The number of piperidine rings is 1. The molecule has 4 rings (SSSR count). The van der Waals surface area contributed by atoms with Crippen molar-refractivity contribution in [1.29, 1.82) is 0 Å². The number of H-pyrrole nitrogens is 1. The third kappa shape index (κ3) is 3.86. The van der Waals surface area contributed by atoms with Crippen molar-refractivity contribution < 1.29 is 9.53 Å². The number of rotatable bonds is 2. The molecule has 1 spiro atoms. The van der Waals surface area contributed by atoms with Gasteiger partial charge in [-0.25, -0.2) is 5.10 Å². The van der Waals surface area contributed by atoms with E-state index in [1.807, 2.05) is 0 Å². The second kappa shape index (κ2) is 8.35. The SMILES string of the molecule is Cl.Cl.O=C(NC1COC2(CCNCC2)C1)c1n[nH]c(=O)c2ccccc12. The van der Waals surface area contributed by atoms with Gasteiger partial charge in [0.25, 0.3) is 11.5 Å². The molecule has 9 heteroatoms. The largest absolute Gasteiger partial charge is 0.373 e. The number of aromatic nitrogens is 2. The monoisotopic (exact) mass is 400 g/mol. The summed E-state index contributed by atoms with van der Waals surface area (Å²) in [4.78, 5) is 24.5. The number of carbonyl (C=O) groups is 1. The molecule has 26 heavy (non-hydrogen) atoms. The summed E-state index contributed by atoms with van der Waals surface area (Å²) in [6.07, 6.45) is 2.76. The van der Waals surface area contributed by atoms with E-state index in [1.165, 1.54) is 0 Å². The van der Waals surface area contributed by atoms with Crippen molar-refractivity contribution in [2.24, 2.45) is 0 Å². The molecule has 2 saturated heterocycles. The van der Waals surface area contributed by atoms with Crippen LogP contribution in [0.1, 0.15) is 29.8 Å². The Bertz CT molecular complexity index is 836. The quantitative estimate of drug-likeness (QED) is 0.707. The van der Waals surface area contributed by atoms with Crippen molar-refractivity contribution >= 4 is 41.5 Å². The molecule has 1 aromatic heterocycles. The van der Waals surface area contributed by atoms with Crippen LogP contribution in [0.4, 0.5) is 0 Å². The normalized spacial score (nSPS) is 21.0. The summed E-state index contributed by atoms with van der Waals surface area (Å²) < 4.78 is 6.00. The Labute approximate surface area is 163 Å². The van der Waals surface area contributed by atoms with Crippen LogP contribution >= 0.6 is 24.8 Å². The molecule has 142 valence electrons. The fourth-order valence-electron chi connectivity index (χ4n) is 3.71. The highest BCUT2D eigenvalue weighted by atomic mass is 35.5. The van der Waals surface area contributed by atoms with E-state index in [0.717, 1.165) is 32.4 Å². The Morgan fingerprint density at radius 3 is 2.62 bits per heavy atom. The number of amides is 1. The van der Waals surface area contributed by atoms with Crippen molar-refractivity contribution in [3.8, 4) is 0 Å². The van der Waals surface area contributed by atoms with Crippen LogP contribution in [0.15, 0.2) is 29.1 Å². The highest BCUT2D eigenvalue weighted by Crippen LogP contribution is 2.34. The van der Waals surface area contributed by atoms with E-state index in [4.69, 9.17) is 4.74 Å². The minimum Gasteiger partial charge on any atom is -0.373 e. The van der Waals surface area contributed by atoms with Crippen LogP contribution < -0.4 is 16.2 Å². The predicted octanol–water partition coefficient (Wildman–Crippen LogP) is 1.41. The van der Waals surface area contributed by atoms with Crippen molar-refractivity contribution in [3.63, 3.8) is 0 Å². The van der Waals surface area contributed by atoms with Crippen LogP contribution in [0, 0.1) is 0 Å². The molecule has 0 aliphatic carbocycles. The van der Waals surface area contributed by atoms with Crippen molar-refractivity contribution in [1.82, 2.24) is 20.8 Å². The van der Waals surface area contributed by atoms with Gasteiger partial charge in [-0.1, -0.05) is 18.2 Å². The second-order valence-corrected chi connectivity index (χ2v) is 6.57. The number of nitrogens with zero attached hydrogens (tertiary/aromatic N) is 1. The van der Waals surface area contributed by atoms with E-state index in [0.29, 0.717) is 17.4 Å². The Morgan fingerprint density at radius 2 is 1.88 bits per heavy atom. The summed E-state index contributed by atoms with van der Waals surface area (Å²) in [5.74, 6) is -0.276. The highest BCUT2D eigenvalue weighted by molar-refractivity contribution is 6.04. The fraction of sp³-hybridized carbons (Fsp3) is 0.471. The van der Waals surface area contributed by atoms with Gasteiger partial charge in [-0.05, 0) is 38.4 Å². The molecular formula is C17H22Cl2N4O3. The fourth-order valence-corrected chi connectivity index (χ4v) is 3.71. The van der Waals surface area contributed by atoms with E-state index in [2.05, 4.69) is 20.8 Å². The van der Waals surface area contributed by atoms with Crippen LogP contribution in [-0.4, -0.2) is 47.4 Å². The molecule has 2 aliphatic rings. The molecule has 0 radical (unpaired) electrons. The Hall–Kier alpha value is -1.67. The van der Waals surface area contributed by atoms with Gasteiger partial charge in [0.05, 0.1) is 23.6 Å². The zero-order valence-electron chi connectivity index (χ0n) is 14.1. The average Bonchev–Trinajstić information content (AvgIpc) is 2.98. The molecule has 1 atom stereocenters. The number of benzene rings is 1.